The molecule has 2 unspecified atom stereocenters. The Morgan fingerprint density at radius 1 is 1.44 bits per heavy atom. The van der Waals surface area contributed by atoms with E-state index in [1.807, 2.05) is 13.8 Å². The molecule has 2 saturated heterocycles. The van der Waals surface area contributed by atoms with E-state index in [2.05, 4.69) is 26.6 Å². The Morgan fingerprint density at radius 3 is 2.61 bits per heavy atom. The molecule has 0 radical (unpaired) electrons. The number of carbonyl (C=O) groups excluding carboxylic acids is 3. The molecule has 0 aromatic rings. The highest BCUT2D eigenvalue weighted by Gasteiger charge is 2.52. The number of nitrogens with one attached hydrogen (secondary N) is 2. The van der Waals surface area contributed by atoms with Crippen LogP contribution in [0, 0.1) is 5.92 Å². The minimum Gasteiger partial charge on any atom is -0.339 e. The maximum Gasteiger partial charge on any atom is 0.322 e. The van der Waals surface area contributed by atoms with Gasteiger partial charge in [0, 0.05) is 6.54 Å². The third-order valence-electron chi connectivity index (χ3n) is 3.42. The second kappa shape index (κ2) is 4.53. The number of hydrogen-bond acceptors (Lipinski definition) is 3. The zero-order chi connectivity index (χ0) is 13.5. The molecule has 0 aromatic heterocycles. The summed E-state index contributed by atoms with van der Waals surface area (Å²) in [6, 6.07) is -0.478. The Bertz CT molecular complexity index is 412. The van der Waals surface area contributed by atoms with Gasteiger partial charge in [0.05, 0.1) is 11.4 Å². The molecular weight excluding hydrogens is 302 g/mol. The lowest BCUT2D eigenvalue weighted by atomic mass is 9.99. The molecule has 1 spiro atoms. The average Bonchev–Trinajstić information content (AvgIpc) is 2.82. The lowest BCUT2D eigenvalue weighted by Gasteiger charge is -2.24. The fraction of sp³-hybridized carbons (Fsp3) is 0.727. The topological polar surface area (TPSA) is 78.5 Å². The van der Waals surface area contributed by atoms with Crippen molar-refractivity contribution in [3.8, 4) is 0 Å². The first-order chi connectivity index (χ1) is 8.35. The number of likely N-dealkylation sites (tertiary alicyclic amines) is 1. The molecule has 2 aliphatic heterocycles. The van der Waals surface area contributed by atoms with E-state index >= 15 is 0 Å². The molecule has 4 amide bonds. The lowest BCUT2D eigenvalue weighted by Crippen LogP contribution is -2.50. The van der Waals surface area contributed by atoms with Gasteiger partial charge in [0.25, 0.3) is 5.91 Å². The van der Waals surface area contributed by atoms with Crippen molar-refractivity contribution in [2.24, 2.45) is 5.92 Å². The molecule has 2 aliphatic rings. The first-order valence-electron chi connectivity index (χ1n) is 5.92. The molecule has 6 nitrogen and oxygen atoms in total. The van der Waals surface area contributed by atoms with Gasteiger partial charge in [-0.1, -0.05) is 29.8 Å². The number of urea groups is 1. The SMILES string of the molecule is CC(C)C(Br)C(=O)N1CCC2(C1)NC(=O)NC2=O. The number of alkyl halides is 1. The smallest absolute Gasteiger partial charge is 0.322 e. The van der Waals surface area contributed by atoms with Gasteiger partial charge in [-0.25, -0.2) is 4.79 Å². The molecule has 0 aromatic carbocycles. The van der Waals surface area contributed by atoms with Gasteiger partial charge in [-0.2, -0.15) is 0 Å². The summed E-state index contributed by atoms with van der Waals surface area (Å²) in [4.78, 5) is 36.4. The van der Waals surface area contributed by atoms with Crippen molar-refractivity contribution in [1.29, 1.82) is 0 Å². The van der Waals surface area contributed by atoms with Gasteiger partial charge in [-0.3, -0.25) is 14.9 Å². The van der Waals surface area contributed by atoms with Gasteiger partial charge in [0.15, 0.2) is 0 Å². The summed E-state index contributed by atoms with van der Waals surface area (Å²) >= 11 is 3.36. The standard InChI is InChI=1S/C11H16BrN3O3/c1-6(2)7(12)8(16)15-4-3-11(5-15)9(17)13-10(18)14-11/h6-7H,3-5H2,1-2H3,(H2,13,14,17,18). The Balaban J connectivity index is 2.07. The highest BCUT2D eigenvalue weighted by Crippen LogP contribution is 2.27. The van der Waals surface area contributed by atoms with E-state index in [4.69, 9.17) is 0 Å². The van der Waals surface area contributed by atoms with E-state index in [0.29, 0.717) is 13.0 Å². The molecule has 18 heavy (non-hydrogen) atoms. The number of carbonyl (C=O) groups is 3. The molecule has 100 valence electrons. The van der Waals surface area contributed by atoms with Crippen molar-refractivity contribution in [3.63, 3.8) is 0 Å². The lowest BCUT2D eigenvalue weighted by molar-refractivity contribution is -0.130. The Hall–Kier alpha value is -1.11. The second-order valence-electron chi connectivity index (χ2n) is 5.15. The van der Waals surface area contributed by atoms with Crippen LogP contribution in [0.2, 0.25) is 0 Å². The molecule has 0 aliphatic carbocycles. The van der Waals surface area contributed by atoms with Gasteiger partial charge in [-0.05, 0) is 12.3 Å². The van der Waals surface area contributed by atoms with E-state index in [1.54, 1.807) is 4.90 Å². The van der Waals surface area contributed by atoms with Crippen molar-refractivity contribution in [3.05, 3.63) is 0 Å². The van der Waals surface area contributed by atoms with E-state index in [-0.39, 0.29) is 29.1 Å². The number of hydrogen-bond donors (Lipinski definition) is 2. The van der Waals surface area contributed by atoms with E-state index < -0.39 is 11.6 Å². The fourth-order valence-electron chi connectivity index (χ4n) is 2.27. The molecule has 2 rings (SSSR count). The quantitative estimate of drug-likeness (QED) is 0.565. The van der Waals surface area contributed by atoms with Crippen molar-refractivity contribution in [2.75, 3.05) is 13.1 Å². The molecule has 7 heteroatoms. The molecular formula is C11H16BrN3O3. The maximum atomic E-state index is 12.1. The highest BCUT2D eigenvalue weighted by atomic mass is 79.9. The summed E-state index contributed by atoms with van der Waals surface area (Å²) in [5.74, 6) is -0.185. The zero-order valence-corrected chi connectivity index (χ0v) is 11.9. The summed E-state index contributed by atoms with van der Waals surface area (Å²) in [5.41, 5.74) is -0.920. The van der Waals surface area contributed by atoms with Crippen molar-refractivity contribution in [2.45, 2.75) is 30.6 Å². The third kappa shape index (κ3) is 2.11. The summed E-state index contributed by atoms with van der Waals surface area (Å²) in [6.45, 7) is 4.64. The monoisotopic (exact) mass is 317 g/mol. The number of rotatable bonds is 2. The predicted molar refractivity (Wildman–Crippen MR) is 68.2 cm³/mol. The van der Waals surface area contributed by atoms with E-state index in [9.17, 15) is 14.4 Å². The van der Waals surface area contributed by atoms with Gasteiger partial charge in [0.1, 0.15) is 5.54 Å². The normalized spacial score (nSPS) is 28.8. The van der Waals surface area contributed by atoms with Crippen LogP contribution in [-0.2, 0) is 9.59 Å². The third-order valence-corrected chi connectivity index (χ3v) is 4.87. The van der Waals surface area contributed by atoms with Gasteiger partial charge < -0.3 is 10.2 Å². The van der Waals surface area contributed by atoms with Crippen LogP contribution in [0.25, 0.3) is 0 Å². The second-order valence-corrected chi connectivity index (χ2v) is 6.13. The van der Waals surface area contributed by atoms with Gasteiger partial charge in [-0.15, -0.1) is 0 Å². The average molecular weight is 318 g/mol. The number of amides is 4. The van der Waals surface area contributed by atoms with Crippen molar-refractivity contribution < 1.29 is 14.4 Å². The summed E-state index contributed by atoms with van der Waals surface area (Å²) in [7, 11) is 0. The summed E-state index contributed by atoms with van der Waals surface area (Å²) in [5, 5.41) is 4.85. The molecule has 0 saturated carbocycles. The van der Waals surface area contributed by atoms with Crippen molar-refractivity contribution in [1.82, 2.24) is 15.5 Å². The van der Waals surface area contributed by atoms with Crippen molar-refractivity contribution >= 4 is 33.8 Å². The number of halogens is 1. The zero-order valence-electron chi connectivity index (χ0n) is 10.3. The first-order valence-corrected chi connectivity index (χ1v) is 6.84. The number of nitrogens with zero attached hydrogens (tertiary/aromatic N) is 1. The number of imide groups is 1. The van der Waals surface area contributed by atoms with Crippen LogP contribution in [0.4, 0.5) is 4.79 Å². The van der Waals surface area contributed by atoms with Crippen LogP contribution in [0.15, 0.2) is 0 Å². The molecule has 2 heterocycles. The molecule has 2 atom stereocenters. The minimum atomic E-state index is -0.920. The van der Waals surface area contributed by atoms with Crippen LogP contribution >= 0.6 is 15.9 Å². The van der Waals surface area contributed by atoms with Gasteiger partial charge in [0.2, 0.25) is 5.91 Å². The Labute approximate surface area is 114 Å². The van der Waals surface area contributed by atoms with E-state index in [1.165, 1.54) is 0 Å². The van der Waals surface area contributed by atoms with Crippen LogP contribution in [-0.4, -0.2) is 46.2 Å². The summed E-state index contributed by atoms with van der Waals surface area (Å²) < 4.78 is 0. The van der Waals surface area contributed by atoms with Crippen LogP contribution in [0.1, 0.15) is 20.3 Å². The summed E-state index contributed by atoms with van der Waals surface area (Å²) in [6.07, 6.45) is 0.466. The molecule has 2 N–H and O–H groups in total. The molecule has 0 bridgehead atoms. The fourth-order valence-corrected chi connectivity index (χ4v) is 2.56. The molecule has 2 fully saturated rings. The van der Waals surface area contributed by atoms with Crippen LogP contribution < -0.4 is 10.6 Å². The maximum absolute atomic E-state index is 12.1. The predicted octanol–water partition coefficient (Wildman–Crippen LogP) is 0.216. The first kappa shape index (κ1) is 13.3. The Morgan fingerprint density at radius 2 is 2.11 bits per heavy atom. The largest absolute Gasteiger partial charge is 0.339 e. The van der Waals surface area contributed by atoms with Crippen LogP contribution in [0.3, 0.4) is 0 Å². The minimum absolute atomic E-state index is 0.0316. The van der Waals surface area contributed by atoms with Crippen LogP contribution in [0.5, 0.6) is 0 Å². The van der Waals surface area contributed by atoms with E-state index in [0.717, 1.165) is 0 Å². The Kier molecular flexibility index (Phi) is 3.35. The highest BCUT2D eigenvalue weighted by molar-refractivity contribution is 9.10. The van der Waals surface area contributed by atoms with Gasteiger partial charge >= 0.3 is 6.03 Å².